The van der Waals surface area contributed by atoms with Gasteiger partial charge in [-0.15, -0.1) is 22.7 Å². The second-order valence-corrected chi connectivity index (χ2v) is 9.89. The summed E-state index contributed by atoms with van der Waals surface area (Å²) in [7, 11) is 4.49. The smallest absolute Gasteiger partial charge is 0.349 e. The van der Waals surface area contributed by atoms with Crippen LogP contribution in [0.2, 0.25) is 0 Å². The van der Waals surface area contributed by atoms with Crippen LogP contribution >= 0.6 is 22.7 Å². The van der Waals surface area contributed by atoms with E-state index in [1.54, 1.807) is 12.1 Å². The molecule has 5 heterocycles. The van der Waals surface area contributed by atoms with Crippen LogP contribution in [0.3, 0.4) is 0 Å². The summed E-state index contributed by atoms with van der Waals surface area (Å²) in [4.78, 5) is 14.3. The summed E-state index contributed by atoms with van der Waals surface area (Å²) in [6.07, 6.45) is 2.05. The Kier molecular flexibility index (Phi) is 3.65. The lowest BCUT2D eigenvalue weighted by Gasteiger charge is -2.45. The van der Waals surface area contributed by atoms with Crippen molar-refractivity contribution in [2.45, 2.75) is 48.8 Å². The van der Waals surface area contributed by atoms with Gasteiger partial charge < -0.3 is 19.1 Å². The zero-order valence-corrected chi connectivity index (χ0v) is 16.3. The summed E-state index contributed by atoms with van der Waals surface area (Å²) in [6.45, 7) is 0. The predicted octanol–water partition coefficient (Wildman–Crippen LogP) is 2.35. The third kappa shape index (κ3) is 2.28. The van der Waals surface area contributed by atoms with Crippen molar-refractivity contribution in [3.63, 3.8) is 0 Å². The Balaban J connectivity index is 1.40. The summed E-state index contributed by atoms with van der Waals surface area (Å²) >= 11 is 2.74. The number of carbonyl (C=O) groups is 1. The molecule has 0 amide bonds. The lowest BCUT2D eigenvalue weighted by atomic mass is 9.95. The Morgan fingerprint density at radius 3 is 2.15 bits per heavy atom. The molecule has 5 nitrogen and oxygen atoms in total. The van der Waals surface area contributed by atoms with Crippen molar-refractivity contribution in [1.82, 2.24) is 0 Å². The summed E-state index contributed by atoms with van der Waals surface area (Å²) in [5.41, 5.74) is -1.72. The molecule has 3 unspecified atom stereocenters. The van der Waals surface area contributed by atoms with Gasteiger partial charge in [0.2, 0.25) is 5.60 Å². The number of piperidine rings is 1. The Hall–Kier alpha value is -1.25. The van der Waals surface area contributed by atoms with E-state index in [2.05, 4.69) is 14.1 Å². The van der Waals surface area contributed by atoms with Gasteiger partial charge in [-0.2, -0.15) is 0 Å². The van der Waals surface area contributed by atoms with Crippen molar-refractivity contribution in [2.24, 2.45) is 0 Å². The number of epoxide rings is 1. The van der Waals surface area contributed by atoms with Gasteiger partial charge in [-0.05, 0) is 22.9 Å². The molecule has 2 bridgehead atoms. The molecule has 1 N–H and O–H groups in total. The molecule has 5 atom stereocenters. The largest absolute Gasteiger partial charge is 0.459 e. The van der Waals surface area contributed by atoms with Gasteiger partial charge >= 0.3 is 5.97 Å². The van der Waals surface area contributed by atoms with Crippen molar-refractivity contribution in [3.8, 4) is 0 Å². The average molecular weight is 393 g/mol. The van der Waals surface area contributed by atoms with Crippen LogP contribution in [0.25, 0.3) is 0 Å². The van der Waals surface area contributed by atoms with Crippen molar-refractivity contribution < 1.29 is 23.9 Å². The molecule has 7 heteroatoms. The molecule has 0 aromatic carbocycles. The molecule has 3 aliphatic rings. The van der Waals surface area contributed by atoms with E-state index in [1.807, 2.05) is 22.9 Å². The van der Waals surface area contributed by atoms with E-state index in [0.717, 1.165) is 17.3 Å². The monoisotopic (exact) mass is 392 g/mol. The number of quaternary nitrogens is 1. The van der Waals surface area contributed by atoms with Crippen molar-refractivity contribution in [2.75, 3.05) is 14.1 Å². The van der Waals surface area contributed by atoms with Gasteiger partial charge in [0, 0.05) is 12.8 Å². The Bertz CT molecular complexity index is 762. The highest BCUT2D eigenvalue weighted by Crippen LogP contribution is 2.52. The van der Waals surface area contributed by atoms with Gasteiger partial charge in [0.05, 0.1) is 23.8 Å². The number of rotatable bonds is 4. The van der Waals surface area contributed by atoms with Gasteiger partial charge in [-0.25, -0.2) is 4.79 Å². The van der Waals surface area contributed by atoms with Crippen LogP contribution in [0.4, 0.5) is 0 Å². The third-order valence-electron chi connectivity index (χ3n) is 6.36. The number of ether oxygens (including phenoxy) is 2. The maximum absolute atomic E-state index is 13.1. The Morgan fingerprint density at radius 2 is 1.69 bits per heavy atom. The number of fused-ring (bicyclic) bond motifs is 5. The fourth-order valence-corrected chi connectivity index (χ4v) is 6.54. The molecule has 0 radical (unpaired) electrons. The predicted molar refractivity (Wildman–Crippen MR) is 99.1 cm³/mol. The van der Waals surface area contributed by atoms with Crippen LogP contribution < -0.4 is 0 Å². The number of nitrogens with zero attached hydrogens (tertiary/aromatic N) is 1. The molecule has 0 aliphatic carbocycles. The highest BCUT2D eigenvalue weighted by atomic mass is 32.1. The molecule has 3 aliphatic heterocycles. The van der Waals surface area contributed by atoms with Gasteiger partial charge in [0.25, 0.3) is 0 Å². The summed E-state index contributed by atoms with van der Waals surface area (Å²) < 4.78 is 12.6. The molecular weight excluding hydrogens is 370 g/mol. The zero-order chi connectivity index (χ0) is 18.1. The minimum atomic E-state index is -1.72. The van der Waals surface area contributed by atoms with Crippen LogP contribution in [0.1, 0.15) is 22.6 Å². The first-order chi connectivity index (χ1) is 12.4. The molecule has 0 saturated carbocycles. The Morgan fingerprint density at radius 1 is 1.15 bits per heavy atom. The Labute approximate surface area is 160 Å². The highest BCUT2D eigenvalue weighted by molar-refractivity contribution is 7.12. The average Bonchev–Trinajstić information content (AvgIpc) is 2.98. The molecule has 5 rings (SSSR count). The van der Waals surface area contributed by atoms with Crippen LogP contribution in [-0.4, -0.2) is 60.0 Å². The number of morpholine rings is 1. The quantitative estimate of drug-likeness (QED) is 0.493. The normalized spacial score (nSPS) is 34.3. The van der Waals surface area contributed by atoms with E-state index in [9.17, 15) is 9.90 Å². The zero-order valence-electron chi connectivity index (χ0n) is 14.7. The lowest BCUT2D eigenvalue weighted by Crippen LogP contribution is -2.60. The third-order valence-corrected chi connectivity index (χ3v) is 8.32. The maximum atomic E-state index is 13.1. The van der Waals surface area contributed by atoms with Crippen LogP contribution in [0.5, 0.6) is 0 Å². The van der Waals surface area contributed by atoms with E-state index in [1.165, 1.54) is 22.7 Å². The maximum Gasteiger partial charge on any atom is 0.349 e. The number of thiophene rings is 2. The van der Waals surface area contributed by atoms with E-state index in [4.69, 9.17) is 9.47 Å². The molecule has 2 aromatic rings. The molecular formula is C19H22NO4S2+. The topological polar surface area (TPSA) is 59.1 Å². The molecule has 138 valence electrons. The van der Waals surface area contributed by atoms with Crippen molar-refractivity contribution in [3.05, 3.63) is 44.8 Å². The second kappa shape index (κ2) is 5.62. The van der Waals surface area contributed by atoms with E-state index >= 15 is 0 Å². The summed E-state index contributed by atoms with van der Waals surface area (Å²) in [5.74, 6) is -0.561. The summed E-state index contributed by atoms with van der Waals surface area (Å²) in [6, 6.07) is 8.01. The van der Waals surface area contributed by atoms with Crippen LogP contribution in [-0.2, 0) is 19.9 Å². The second-order valence-electron chi connectivity index (χ2n) is 7.99. The molecule has 3 fully saturated rings. The lowest BCUT2D eigenvalue weighted by molar-refractivity contribution is -0.938. The van der Waals surface area contributed by atoms with E-state index < -0.39 is 11.6 Å². The number of hydrogen-bond acceptors (Lipinski definition) is 6. The number of esters is 1. The highest BCUT2D eigenvalue weighted by Gasteiger charge is 2.71. The minimum Gasteiger partial charge on any atom is -0.459 e. The first-order valence-corrected chi connectivity index (χ1v) is 10.7. The number of likely N-dealkylation sites (N-methyl/N-ethyl adjacent to an activating group) is 1. The van der Waals surface area contributed by atoms with E-state index in [0.29, 0.717) is 34.0 Å². The number of carbonyl (C=O) groups excluding carboxylic acids is 1. The van der Waals surface area contributed by atoms with Gasteiger partial charge in [0.1, 0.15) is 30.4 Å². The van der Waals surface area contributed by atoms with Gasteiger partial charge in [-0.1, -0.05) is 12.1 Å². The number of aliphatic hydroxyl groups is 1. The van der Waals surface area contributed by atoms with Gasteiger partial charge in [0.15, 0.2) is 0 Å². The van der Waals surface area contributed by atoms with Crippen LogP contribution in [0.15, 0.2) is 35.0 Å². The first kappa shape index (κ1) is 16.9. The van der Waals surface area contributed by atoms with Crippen LogP contribution in [0, 0.1) is 0 Å². The van der Waals surface area contributed by atoms with Crippen molar-refractivity contribution in [1.29, 1.82) is 0 Å². The van der Waals surface area contributed by atoms with Crippen molar-refractivity contribution >= 4 is 28.6 Å². The fourth-order valence-electron chi connectivity index (χ4n) is 4.83. The molecule has 3 saturated heterocycles. The molecule has 0 spiro atoms. The molecule has 26 heavy (non-hydrogen) atoms. The fraction of sp³-hybridized carbons (Fsp3) is 0.526. The van der Waals surface area contributed by atoms with Gasteiger partial charge in [-0.3, -0.25) is 0 Å². The number of hydrogen-bond donors (Lipinski definition) is 1. The van der Waals surface area contributed by atoms with E-state index in [-0.39, 0.29) is 6.10 Å². The summed E-state index contributed by atoms with van der Waals surface area (Å²) in [5, 5.41) is 15.1. The minimum absolute atomic E-state index is 0.161. The SMILES string of the molecule is C[N+]1(C)C2C[C@H](OC(=O)C(O)(c3cccs3)c3cccs3)CC1[C@H]1OC21. The standard InChI is InChI=1S/C19H22NO4S2/c1-20(2)12-9-11(10-13(20)17-16(12)24-17)23-18(21)19(22,14-5-3-7-25-14)15-6-4-8-26-15/h3-8,11-13,16-17,22H,9-10H2,1-2H3/q+1/t11-,12?,13?,16-,17?/m1/s1. The first-order valence-electron chi connectivity index (χ1n) is 8.92. The molecule has 2 aromatic heterocycles.